The van der Waals surface area contributed by atoms with Gasteiger partial charge in [0.1, 0.15) is 5.69 Å². The summed E-state index contributed by atoms with van der Waals surface area (Å²) in [4.78, 5) is 43.4. The number of nitro benzene ring substituents is 2. The maximum Gasteiger partial charge on any atom is 0.303 e. The fourth-order valence-electron chi connectivity index (χ4n) is 3.27. The van der Waals surface area contributed by atoms with Crippen LogP contribution in [0.15, 0.2) is 18.2 Å². The van der Waals surface area contributed by atoms with Crippen LogP contribution in [0.5, 0.6) is 0 Å². The molecule has 0 spiro atoms. The molecule has 11 heteroatoms. The maximum atomic E-state index is 12.2. The summed E-state index contributed by atoms with van der Waals surface area (Å²) in [7, 11) is 0. The number of aliphatic carboxylic acids is 1. The molecule has 0 heterocycles. The Hall–Kier alpha value is -3.24. The Morgan fingerprint density at radius 2 is 1.77 bits per heavy atom. The fraction of sp³-hybridized carbons (Fsp3) is 0.467. The van der Waals surface area contributed by atoms with Gasteiger partial charge in [-0.15, -0.1) is 0 Å². The number of rotatable bonds is 8. The van der Waals surface area contributed by atoms with Crippen molar-refractivity contribution in [2.75, 3.05) is 5.43 Å². The molecule has 1 aliphatic rings. The molecular weight excluding hydrogens is 348 g/mol. The molecule has 0 saturated heterocycles. The third kappa shape index (κ3) is 4.65. The summed E-state index contributed by atoms with van der Waals surface area (Å²) in [5.74, 6) is -1.47. The van der Waals surface area contributed by atoms with Crippen LogP contribution in [0, 0.1) is 25.6 Å². The molecule has 1 fully saturated rings. The maximum absolute atomic E-state index is 12.2. The molecule has 0 bridgehead atoms. The second-order valence-corrected chi connectivity index (χ2v) is 6.34. The standard InChI is InChI=1S/C15H18N4O7/c20-13(8-15(9-14(21)22)5-1-2-6-15)17-16-11-4-3-10(18(23)24)7-12(11)19(25)26/h3-4,7,16H,1-2,5-6,8-9H2,(H,17,20)(H,21,22). The van der Waals surface area contributed by atoms with Gasteiger partial charge in [0.25, 0.3) is 5.69 Å². The zero-order valence-corrected chi connectivity index (χ0v) is 13.8. The molecule has 26 heavy (non-hydrogen) atoms. The first-order valence-electron chi connectivity index (χ1n) is 7.92. The summed E-state index contributed by atoms with van der Waals surface area (Å²) in [5, 5.41) is 30.8. The minimum Gasteiger partial charge on any atom is -0.481 e. The number of non-ortho nitro benzene ring substituents is 1. The summed E-state index contributed by atoms with van der Waals surface area (Å²) in [6.07, 6.45) is 2.82. The van der Waals surface area contributed by atoms with Crippen molar-refractivity contribution in [2.45, 2.75) is 38.5 Å². The topological polar surface area (TPSA) is 165 Å². The van der Waals surface area contributed by atoms with Gasteiger partial charge >= 0.3 is 11.7 Å². The second kappa shape index (κ2) is 7.76. The van der Waals surface area contributed by atoms with E-state index >= 15 is 0 Å². The van der Waals surface area contributed by atoms with Gasteiger partial charge in [-0.2, -0.15) is 0 Å². The van der Waals surface area contributed by atoms with Crippen molar-refractivity contribution in [3.63, 3.8) is 0 Å². The second-order valence-electron chi connectivity index (χ2n) is 6.34. The molecule has 0 unspecified atom stereocenters. The van der Waals surface area contributed by atoms with Gasteiger partial charge in [0.2, 0.25) is 5.91 Å². The molecular formula is C15H18N4O7. The van der Waals surface area contributed by atoms with Gasteiger partial charge < -0.3 is 5.11 Å². The number of nitro groups is 2. The van der Waals surface area contributed by atoms with Crippen LogP contribution in [0.4, 0.5) is 17.1 Å². The molecule has 1 aromatic carbocycles. The van der Waals surface area contributed by atoms with Crippen LogP contribution >= 0.6 is 0 Å². The monoisotopic (exact) mass is 366 g/mol. The number of hydrazine groups is 1. The molecule has 0 aliphatic heterocycles. The average Bonchev–Trinajstić information content (AvgIpc) is 2.99. The Balaban J connectivity index is 2.06. The van der Waals surface area contributed by atoms with Crippen molar-refractivity contribution in [1.82, 2.24) is 5.43 Å². The number of hydrogen-bond acceptors (Lipinski definition) is 7. The van der Waals surface area contributed by atoms with E-state index in [4.69, 9.17) is 5.11 Å². The summed E-state index contributed by atoms with van der Waals surface area (Å²) in [6.45, 7) is 0. The quantitative estimate of drug-likeness (QED) is 0.466. The lowest BCUT2D eigenvalue weighted by Gasteiger charge is -2.26. The number of carbonyl (C=O) groups is 2. The summed E-state index contributed by atoms with van der Waals surface area (Å²) in [6, 6.07) is 2.99. The van der Waals surface area contributed by atoms with E-state index in [1.807, 2.05) is 0 Å². The molecule has 0 aromatic heterocycles. The van der Waals surface area contributed by atoms with Crippen LogP contribution < -0.4 is 10.9 Å². The summed E-state index contributed by atoms with van der Waals surface area (Å²) in [5.41, 5.74) is 2.99. The average molecular weight is 366 g/mol. The minimum atomic E-state index is -0.973. The van der Waals surface area contributed by atoms with Crippen LogP contribution in [-0.4, -0.2) is 26.8 Å². The predicted octanol–water partition coefficient (Wildman–Crippen LogP) is 2.37. The van der Waals surface area contributed by atoms with Crippen molar-refractivity contribution in [2.24, 2.45) is 5.41 Å². The van der Waals surface area contributed by atoms with E-state index in [-0.39, 0.29) is 18.5 Å². The van der Waals surface area contributed by atoms with Crippen LogP contribution in [0.3, 0.4) is 0 Å². The SMILES string of the molecule is O=C(O)CC1(CC(=O)NNc2ccc([N+](=O)[O-])cc2[N+](=O)[O-])CCCC1. The minimum absolute atomic E-state index is 0.0208. The Bertz CT molecular complexity index is 744. The molecule has 1 saturated carbocycles. The largest absolute Gasteiger partial charge is 0.481 e. The van der Waals surface area contributed by atoms with E-state index in [9.17, 15) is 29.8 Å². The number of carboxylic acids is 1. The highest BCUT2D eigenvalue weighted by Crippen LogP contribution is 2.44. The highest BCUT2D eigenvalue weighted by atomic mass is 16.6. The van der Waals surface area contributed by atoms with E-state index in [1.54, 1.807) is 0 Å². The van der Waals surface area contributed by atoms with Crippen molar-refractivity contribution >= 4 is 28.9 Å². The van der Waals surface area contributed by atoms with E-state index in [2.05, 4.69) is 10.9 Å². The fourth-order valence-corrected chi connectivity index (χ4v) is 3.27. The van der Waals surface area contributed by atoms with Gasteiger partial charge in [-0.3, -0.25) is 40.7 Å². The van der Waals surface area contributed by atoms with Crippen LogP contribution in [-0.2, 0) is 9.59 Å². The number of carboxylic acid groups (broad SMARTS) is 1. The number of amides is 1. The lowest BCUT2D eigenvalue weighted by atomic mass is 9.79. The third-order valence-electron chi connectivity index (χ3n) is 4.45. The predicted molar refractivity (Wildman–Crippen MR) is 89.3 cm³/mol. The van der Waals surface area contributed by atoms with Crippen LogP contribution in [0.1, 0.15) is 38.5 Å². The Kier molecular flexibility index (Phi) is 5.70. The van der Waals surface area contributed by atoms with Gasteiger partial charge in [-0.1, -0.05) is 12.8 Å². The first-order valence-corrected chi connectivity index (χ1v) is 7.92. The number of nitrogens with zero attached hydrogens (tertiary/aromatic N) is 2. The lowest BCUT2D eigenvalue weighted by Crippen LogP contribution is -2.35. The van der Waals surface area contributed by atoms with Crippen molar-refractivity contribution in [3.8, 4) is 0 Å². The molecule has 1 amide bonds. The number of anilines is 1. The van der Waals surface area contributed by atoms with Gasteiger partial charge in [0.15, 0.2) is 0 Å². The highest BCUT2D eigenvalue weighted by Gasteiger charge is 2.38. The normalized spacial score (nSPS) is 15.2. The Labute approximate surface area is 147 Å². The Morgan fingerprint density at radius 3 is 2.31 bits per heavy atom. The zero-order valence-electron chi connectivity index (χ0n) is 13.8. The van der Waals surface area contributed by atoms with Crippen molar-refractivity contribution in [3.05, 3.63) is 38.4 Å². The smallest absolute Gasteiger partial charge is 0.303 e. The molecule has 11 nitrogen and oxygen atoms in total. The first-order chi connectivity index (χ1) is 12.2. The van der Waals surface area contributed by atoms with E-state index in [0.717, 1.165) is 31.0 Å². The van der Waals surface area contributed by atoms with Crippen LogP contribution in [0.25, 0.3) is 0 Å². The molecule has 140 valence electrons. The molecule has 3 N–H and O–H groups in total. The number of benzene rings is 1. The Morgan fingerprint density at radius 1 is 1.12 bits per heavy atom. The van der Waals surface area contributed by atoms with E-state index in [1.165, 1.54) is 0 Å². The first kappa shape index (κ1) is 19.1. The van der Waals surface area contributed by atoms with E-state index in [0.29, 0.717) is 12.8 Å². The van der Waals surface area contributed by atoms with Crippen molar-refractivity contribution in [1.29, 1.82) is 0 Å². The van der Waals surface area contributed by atoms with Crippen molar-refractivity contribution < 1.29 is 24.5 Å². The summed E-state index contributed by atoms with van der Waals surface area (Å²) >= 11 is 0. The molecule has 1 aliphatic carbocycles. The van der Waals surface area contributed by atoms with Gasteiger partial charge in [-0.05, 0) is 24.3 Å². The third-order valence-corrected chi connectivity index (χ3v) is 4.45. The number of carbonyl (C=O) groups excluding carboxylic acids is 1. The molecule has 1 aromatic rings. The number of nitrogens with one attached hydrogen (secondary N) is 2. The van der Waals surface area contributed by atoms with E-state index < -0.39 is 38.5 Å². The van der Waals surface area contributed by atoms with Gasteiger partial charge in [0, 0.05) is 12.5 Å². The van der Waals surface area contributed by atoms with Crippen LogP contribution in [0.2, 0.25) is 0 Å². The molecule has 0 radical (unpaired) electrons. The number of hydrogen-bond donors (Lipinski definition) is 3. The lowest BCUT2D eigenvalue weighted by molar-refractivity contribution is -0.393. The summed E-state index contributed by atoms with van der Waals surface area (Å²) < 4.78 is 0. The molecule has 2 rings (SSSR count). The zero-order chi connectivity index (χ0) is 19.3. The van der Waals surface area contributed by atoms with Gasteiger partial charge in [0.05, 0.1) is 22.3 Å². The highest BCUT2D eigenvalue weighted by molar-refractivity contribution is 5.80. The van der Waals surface area contributed by atoms with Gasteiger partial charge in [-0.25, -0.2) is 0 Å². The molecule has 0 atom stereocenters.